The molecule has 0 aliphatic rings. The quantitative estimate of drug-likeness (QED) is 0.672. The molecule has 1 unspecified atom stereocenters. The summed E-state index contributed by atoms with van der Waals surface area (Å²) in [5.74, 6) is 0. The van der Waals surface area contributed by atoms with Gasteiger partial charge in [0.25, 0.3) is 0 Å². The number of H-pyrrole nitrogens is 1. The standard InChI is InChI=1S/C7H13N3O2/c1-4-5(2)10-7(12)9(3)6(11)8-10/h5H,4H2,1-3H3,(H,8,11). The van der Waals surface area contributed by atoms with E-state index < -0.39 is 0 Å². The summed E-state index contributed by atoms with van der Waals surface area (Å²) in [6.07, 6.45) is 0.819. The predicted molar refractivity (Wildman–Crippen MR) is 45.3 cm³/mol. The Morgan fingerprint density at radius 3 is 2.42 bits per heavy atom. The third-order valence-corrected chi connectivity index (χ3v) is 2.05. The van der Waals surface area contributed by atoms with Crippen molar-refractivity contribution in [2.45, 2.75) is 26.3 Å². The van der Waals surface area contributed by atoms with Gasteiger partial charge in [0, 0.05) is 7.05 Å². The minimum absolute atomic E-state index is 0.0476. The maximum atomic E-state index is 11.3. The Morgan fingerprint density at radius 2 is 2.08 bits per heavy atom. The average Bonchev–Trinajstić information content (AvgIpc) is 2.32. The van der Waals surface area contributed by atoms with Crippen molar-refractivity contribution < 1.29 is 0 Å². The lowest BCUT2D eigenvalue weighted by molar-refractivity contribution is 0.458. The molecule has 0 radical (unpaired) electrons. The van der Waals surface area contributed by atoms with Crippen LogP contribution in [0.15, 0.2) is 9.59 Å². The highest BCUT2D eigenvalue weighted by Gasteiger charge is 2.09. The SMILES string of the molecule is CCC(C)n1[nH]c(=O)n(C)c1=O. The number of aromatic nitrogens is 3. The van der Waals surface area contributed by atoms with E-state index in [0.29, 0.717) is 0 Å². The van der Waals surface area contributed by atoms with E-state index in [9.17, 15) is 9.59 Å². The molecular weight excluding hydrogens is 158 g/mol. The van der Waals surface area contributed by atoms with Crippen LogP contribution in [0.4, 0.5) is 0 Å². The van der Waals surface area contributed by atoms with Gasteiger partial charge in [-0.25, -0.2) is 23.9 Å². The predicted octanol–water partition coefficient (Wildman–Crippen LogP) is -0.154. The van der Waals surface area contributed by atoms with E-state index in [1.165, 1.54) is 11.7 Å². The zero-order chi connectivity index (χ0) is 9.30. The van der Waals surface area contributed by atoms with E-state index in [1.807, 2.05) is 13.8 Å². The summed E-state index contributed by atoms with van der Waals surface area (Å²) < 4.78 is 2.41. The van der Waals surface area contributed by atoms with Crippen LogP contribution in [0.3, 0.4) is 0 Å². The molecule has 1 atom stereocenters. The van der Waals surface area contributed by atoms with Gasteiger partial charge in [-0.3, -0.25) is 0 Å². The summed E-state index contributed by atoms with van der Waals surface area (Å²) in [6.45, 7) is 3.85. The molecule has 1 heterocycles. The van der Waals surface area contributed by atoms with Gasteiger partial charge in [0.1, 0.15) is 0 Å². The van der Waals surface area contributed by atoms with Crippen LogP contribution >= 0.6 is 0 Å². The molecule has 0 aromatic carbocycles. The van der Waals surface area contributed by atoms with E-state index in [2.05, 4.69) is 5.10 Å². The fraction of sp³-hybridized carbons (Fsp3) is 0.714. The molecule has 0 spiro atoms. The largest absolute Gasteiger partial charge is 0.346 e. The van der Waals surface area contributed by atoms with Gasteiger partial charge in [0.15, 0.2) is 0 Å². The highest BCUT2D eigenvalue weighted by molar-refractivity contribution is 4.70. The van der Waals surface area contributed by atoms with Crippen LogP contribution in [0, 0.1) is 0 Å². The van der Waals surface area contributed by atoms with Crippen molar-refractivity contribution in [2.24, 2.45) is 7.05 Å². The Balaban J connectivity index is 3.28. The van der Waals surface area contributed by atoms with Gasteiger partial charge in [-0.2, -0.15) is 0 Å². The molecule has 0 amide bonds. The van der Waals surface area contributed by atoms with Gasteiger partial charge in [-0.1, -0.05) is 6.92 Å². The third kappa shape index (κ3) is 1.22. The molecule has 1 aromatic heterocycles. The van der Waals surface area contributed by atoms with Crippen LogP contribution in [0.1, 0.15) is 26.3 Å². The first-order valence-corrected chi connectivity index (χ1v) is 3.95. The van der Waals surface area contributed by atoms with Gasteiger partial charge >= 0.3 is 11.4 Å². The monoisotopic (exact) mass is 171 g/mol. The van der Waals surface area contributed by atoms with Crippen molar-refractivity contribution in [3.8, 4) is 0 Å². The number of rotatable bonds is 2. The number of hydrogen-bond donors (Lipinski definition) is 1. The summed E-state index contributed by atoms with van der Waals surface area (Å²) in [5, 5.41) is 2.47. The second-order valence-corrected chi connectivity index (χ2v) is 2.89. The molecule has 68 valence electrons. The normalized spacial score (nSPS) is 13.2. The summed E-state index contributed by atoms with van der Waals surface area (Å²) in [5.41, 5.74) is -0.644. The topological polar surface area (TPSA) is 59.8 Å². The zero-order valence-corrected chi connectivity index (χ0v) is 7.50. The van der Waals surface area contributed by atoms with Gasteiger partial charge in [-0.15, -0.1) is 0 Å². The van der Waals surface area contributed by atoms with E-state index in [-0.39, 0.29) is 17.4 Å². The first-order chi connectivity index (χ1) is 5.57. The molecule has 1 rings (SSSR count). The number of hydrogen-bond acceptors (Lipinski definition) is 2. The molecule has 5 heteroatoms. The van der Waals surface area contributed by atoms with E-state index in [4.69, 9.17) is 0 Å². The van der Waals surface area contributed by atoms with E-state index >= 15 is 0 Å². The fourth-order valence-corrected chi connectivity index (χ4v) is 0.956. The maximum Gasteiger partial charge on any atom is 0.346 e. The van der Waals surface area contributed by atoms with Crippen LogP contribution in [0.25, 0.3) is 0 Å². The van der Waals surface area contributed by atoms with Crippen molar-refractivity contribution in [1.29, 1.82) is 0 Å². The molecule has 0 fully saturated rings. The summed E-state index contributed by atoms with van der Waals surface area (Å²) in [6, 6.07) is 0.0476. The molecule has 0 aliphatic heterocycles. The molecule has 0 saturated carbocycles. The van der Waals surface area contributed by atoms with Crippen LogP contribution in [0.2, 0.25) is 0 Å². The number of nitrogens with zero attached hydrogens (tertiary/aromatic N) is 2. The molecule has 0 aliphatic carbocycles. The molecule has 5 nitrogen and oxygen atoms in total. The van der Waals surface area contributed by atoms with Crippen LogP contribution in [-0.2, 0) is 7.05 Å². The van der Waals surface area contributed by atoms with Crippen LogP contribution in [0.5, 0.6) is 0 Å². The highest BCUT2D eigenvalue weighted by Crippen LogP contribution is 2.02. The van der Waals surface area contributed by atoms with Gasteiger partial charge < -0.3 is 0 Å². The van der Waals surface area contributed by atoms with E-state index in [1.54, 1.807) is 0 Å². The fourth-order valence-electron chi connectivity index (χ4n) is 0.956. The van der Waals surface area contributed by atoms with Crippen LogP contribution in [-0.4, -0.2) is 14.3 Å². The maximum absolute atomic E-state index is 11.3. The highest BCUT2D eigenvalue weighted by atomic mass is 16.2. The van der Waals surface area contributed by atoms with Crippen molar-refractivity contribution in [3.63, 3.8) is 0 Å². The molecular formula is C7H13N3O2. The van der Waals surface area contributed by atoms with Crippen molar-refractivity contribution in [2.75, 3.05) is 0 Å². The van der Waals surface area contributed by atoms with Gasteiger partial charge in [0.05, 0.1) is 6.04 Å². The molecule has 0 saturated heterocycles. The summed E-state index contributed by atoms with van der Waals surface area (Å²) >= 11 is 0. The van der Waals surface area contributed by atoms with Crippen molar-refractivity contribution in [3.05, 3.63) is 21.0 Å². The molecule has 1 aromatic rings. The summed E-state index contributed by atoms with van der Waals surface area (Å²) in [4.78, 5) is 22.3. The average molecular weight is 171 g/mol. The Morgan fingerprint density at radius 1 is 1.50 bits per heavy atom. The Kier molecular flexibility index (Phi) is 2.21. The van der Waals surface area contributed by atoms with Gasteiger partial charge in [-0.05, 0) is 13.3 Å². The molecule has 0 bridgehead atoms. The first kappa shape index (κ1) is 8.83. The molecule has 1 N–H and O–H groups in total. The lowest BCUT2D eigenvalue weighted by atomic mass is 10.3. The minimum Gasteiger partial charge on any atom is -0.246 e. The lowest BCUT2D eigenvalue weighted by Crippen LogP contribution is -2.27. The minimum atomic E-state index is -0.361. The van der Waals surface area contributed by atoms with Crippen LogP contribution < -0.4 is 11.4 Å². The summed E-state index contributed by atoms with van der Waals surface area (Å²) in [7, 11) is 1.46. The Hall–Kier alpha value is -1.26. The first-order valence-electron chi connectivity index (χ1n) is 3.95. The third-order valence-electron chi connectivity index (χ3n) is 2.05. The van der Waals surface area contributed by atoms with Crippen molar-refractivity contribution in [1.82, 2.24) is 14.3 Å². The number of aromatic amines is 1. The number of nitrogens with one attached hydrogen (secondary N) is 1. The smallest absolute Gasteiger partial charge is 0.246 e. The van der Waals surface area contributed by atoms with E-state index in [0.717, 1.165) is 11.0 Å². The van der Waals surface area contributed by atoms with Crippen molar-refractivity contribution >= 4 is 0 Å². The zero-order valence-electron chi connectivity index (χ0n) is 7.50. The van der Waals surface area contributed by atoms with Gasteiger partial charge in [0.2, 0.25) is 0 Å². The molecule has 12 heavy (non-hydrogen) atoms. The second-order valence-electron chi connectivity index (χ2n) is 2.89. The Labute approximate surface area is 69.6 Å². The Bertz CT molecular complexity index is 371. The second kappa shape index (κ2) is 3.00. The lowest BCUT2D eigenvalue weighted by Gasteiger charge is -2.06.